The molecule has 1 fully saturated rings. The number of piperidine rings is 1. The number of aliphatic hydroxyl groups excluding tert-OH is 1. The van der Waals surface area contributed by atoms with E-state index in [2.05, 4.69) is 57.9 Å². The van der Waals surface area contributed by atoms with E-state index in [-0.39, 0.29) is 6.61 Å². The molecule has 3 nitrogen and oxygen atoms in total. The molecule has 0 atom stereocenters. The van der Waals surface area contributed by atoms with Crippen molar-refractivity contribution in [1.29, 1.82) is 0 Å². The van der Waals surface area contributed by atoms with Gasteiger partial charge in [-0.2, -0.15) is 0 Å². The first-order valence-electron chi connectivity index (χ1n) is 7.38. The lowest BCUT2D eigenvalue weighted by Gasteiger charge is -2.37. The maximum Gasteiger partial charge on any atom is 0.0558 e. The summed E-state index contributed by atoms with van der Waals surface area (Å²) in [6.45, 7) is 6.38. The minimum Gasteiger partial charge on any atom is -0.395 e. The molecule has 1 aliphatic rings. The maximum atomic E-state index is 9.34. The van der Waals surface area contributed by atoms with E-state index in [1.165, 1.54) is 24.0 Å². The second kappa shape index (κ2) is 7.55. The zero-order valence-electron chi connectivity index (χ0n) is 12.5. The van der Waals surface area contributed by atoms with Crippen molar-refractivity contribution in [3.05, 3.63) is 33.8 Å². The van der Waals surface area contributed by atoms with Crippen LogP contribution < -0.4 is 0 Å². The molecule has 0 spiro atoms. The first-order chi connectivity index (χ1) is 9.60. The standard InChI is InChI=1S/C16H25BrN2O/c1-13-11-14(3-4-16(13)17)12-19(9-10-20)15-5-7-18(2)8-6-15/h3-4,11,15,20H,5-10,12H2,1-2H3. The lowest BCUT2D eigenvalue weighted by atomic mass is 10.0. The van der Waals surface area contributed by atoms with E-state index in [0.717, 1.165) is 30.7 Å². The Bertz CT molecular complexity index is 430. The van der Waals surface area contributed by atoms with Crippen molar-refractivity contribution in [3.8, 4) is 0 Å². The average Bonchev–Trinajstić information content (AvgIpc) is 2.43. The Morgan fingerprint density at radius 2 is 2.05 bits per heavy atom. The third kappa shape index (κ3) is 4.29. The second-order valence-corrected chi connectivity index (χ2v) is 6.67. The third-order valence-corrected chi connectivity index (χ3v) is 5.09. The van der Waals surface area contributed by atoms with Crippen molar-refractivity contribution in [2.45, 2.75) is 32.4 Å². The summed E-state index contributed by atoms with van der Waals surface area (Å²) in [5.41, 5.74) is 2.60. The molecule has 0 aromatic heterocycles. The number of hydrogen-bond acceptors (Lipinski definition) is 3. The number of halogens is 1. The largest absolute Gasteiger partial charge is 0.395 e. The fraction of sp³-hybridized carbons (Fsp3) is 0.625. The Hall–Kier alpha value is -0.420. The van der Waals surface area contributed by atoms with Crippen molar-refractivity contribution in [3.63, 3.8) is 0 Å². The minimum atomic E-state index is 0.238. The number of likely N-dealkylation sites (tertiary alicyclic amines) is 1. The Morgan fingerprint density at radius 1 is 1.35 bits per heavy atom. The monoisotopic (exact) mass is 340 g/mol. The lowest BCUT2D eigenvalue weighted by Crippen LogP contribution is -2.44. The van der Waals surface area contributed by atoms with E-state index < -0.39 is 0 Å². The summed E-state index contributed by atoms with van der Waals surface area (Å²) in [5, 5.41) is 9.34. The van der Waals surface area contributed by atoms with E-state index in [1.54, 1.807) is 0 Å². The molecule has 4 heteroatoms. The zero-order chi connectivity index (χ0) is 14.5. The molecule has 0 radical (unpaired) electrons. The SMILES string of the molecule is Cc1cc(CN(CCO)C2CCN(C)CC2)ccc1Br. The van der Waals surface area contributed by atoms with Crippen LogP contribution in [-0.2, 0) is 6.54 Å². The summed E-state index contributed by atoms with van der Waals surface area (Å²) in [6.07, 6.45) is 2.40. The molecule has 1 aliphatic heterocycles. The second-order valence-electron chi connectivity index (χ2n) is 5.81. The van der Waals surface area contributed by atoms with Gasteiger partial charge in [-0.15, -0.1) is 0 Å². The normalized spacial score (nSPS) is 17.9. The highest BCUT2D eigenvalue weighted by atomic mass is 79.9. The molecule has 0 aliphatic carbocycles. The zero-order valence-corrected chi connectivity index (χ0v) is 14.1. The Morgan fingerprint density at radius 3 is 2.65 bits per heavy atom. The number of aryl methyl sites for hydroxylation is 1. The first-order valence-corrected chi connectivity index (χ1v) is 8.18. The lowest BCUT2D eigenvalue weighted by molar-refractivity contribution is 0.0941. The molecule has 1 saturated heterocycles. The van der Waals surface area contributed by atoms with Crippen molar-refractivity contribution in [2.24, 2.45) is 0 Å². The maximum absolute atomic E-state index is 9.34. The van der Waals surface area contributed by atoms with E-state index >= 15 is 0 Å². The van der Waals surface area contributed by atoms with Crippen LogP contribution in [0, 0.1) is 6.92 Å². The van der Waals surface area contributed by atoms with Gasteiger partial charge in [-0.3, -0.25) is 4.90 Å². The first kappa shape index (κ1) is 16.0. The molecule has 112 valence electrons. The van der Waals surface area contributed by atoms with E-state index in [1.807, 2.05) is 0 Å². The van der Waals surface area contributed by atoms with Gasteiger partial charge in [-0.05, 0) is 57.1 Å². The van der Waals surface area contributed by atoms with Gasteiger partial charge in [0.1, 0.15) is 0 Å². The topological polar surface area (TPSA) is 26.7 Å². The summed E-state index contributed by atoms with van der Waals surface area (Å²) in [5.74, 6) is 0. The smallest absolute Gasteiger partial charge is 0.0558 e. The van der Waals surface area contributed by atoms with Crippen molar-refractivity contribution in [2.75, 3.05) is 33.3 Å². The van der Waals surface area contributed by atoms with Crippen LogP contribution in [0.25, 0.3) is 0 Å². The predicted octanol–water partition coefficient (Wildman–Crippen LogP) is 2.65. The summed E-state index contributed by atoms with van der Waals surface area (Å²) in [6, 6.07) is 7.14. The van der Waals surface area contributed by atoms with Crippen LogP contribution >= 0.6 is 15.9 Å². The average molecular weight is 341 g/mol. The van der Waals surface area contributed by atoms with Crippen LogP contribution in [0.15, 0.2) is 22.7 Å². The van der Waals surface area contributed by atoms with Crippen LogP contribution in [0.3, 0.4) is 0 Å². The molecule has 1 heterocycles. The highest BCUT2D eigenvalue weighted by molar-refractivity contribution is 9.10. The molecule has 0 amide bonds. The van der Waals surface area contributed by atoms with E-state index in [9.17, 15) is 5.11 Å². The van der Waals surface area contributed by atoms with Crippen LogP contribution in [0.2, 0.25) is 0 Å². The fourth-order valence-electron chi connectivity index (χ4n) is 2.92. The summed E-state index contributed by atoms with van der Waals surface area (Å²) >= 11 is 3.55. The third-order valence-electron chi connectivity index (χ3n) is 4.20. The van der Waals surface area contributed by atoms with E-state index in [0.29, 0.717) is 6.04 Å². The van der Waals surface area contributed by atoms with Gasteiger partial charge in [0.15, 0.2) is 0 Å². The Kier molecular flexibility index (Phi) is 6.02. The number of hydrogen-bond donors (Lipinski definition) is 1. The summed E-state index contributed by atoms with van der Waals surface area (Å²) in [7, 11) is 2.19. The number of benzene rings is 1. The van der Waals surface area contributed by atoms with Gasteiger partial charge in [0.05, 0.1) is 6.61 Å². The van der Waals surface area contributed by atoms with Crippen LogP contribution in [0.1, 0.15) is 24.0 Å². The number of nitrogens with zero attached hydrogens (tertiary/aromatic N) is 2. The van der Waals surface area contributed by atoms with E-state index in [4.69, 9.17) is 0 Å². The molecule has 0 bridgehead atoms. The van der Waals surface area contributed by atoms with Gasteiger partial charge >= 0.3 is 0 Å². The van der Waals surface area contributed by atoms with Crippen LogP contribution in [0.4, 0.5) is 0 Å². The summed E-state index contributed by atoms with van der Waals surface area (Å²) < 4.78 is 1.16. The molecule has 1 aromatic carbocycles. The Labute approximate surface area is 130 Å². The van der Waals surface area contributed by atoms with Gasteiger partial charge in [0.2, 0.25) is 0 Å². The fourth-order valence-corrected chi connectivity index (χ4v) is 3.17. The predicted molar refractivity (Wildman–Crippen MR) is 86.9 cm³/mol. The van der Waals surface area contributed by atoms with Crippen molar-refractivity contribution >= 4 is 15.9 Å². The molecule has 0 saturated carbocycles. The van der Waals surface area contributed by atoms with Crippen LogP contribution in [0.5, 0.6) is 0 Å². The Balaban J connectivity index is 2.02. The highest BCUT2D eigenvalue weighted by Gasteiger charge is 2.22. The van der Waals surface area contributed by atoms with Gasteiger partial charge in [0, 0.05) is 23.6 Å². The molecule has 20 heavy (non-hydrogen) atoms. The number of rotatable bonds is 5. The quantitative estimate of drug-likeness (QED) is 0.892. The minimum absolute atomic E-state index is 0.238. The molecular weight excluding hydrogens is 316 g/mol. The molecular formula is C16H25BrN2O. The van der Waals surface area contributed by atoms with Gasteiger partial charge in [0.25, 0.3) is 0 Å². The van der Waals surface area contributed by atoms with Crippen LogP contribution in [-0.4, -0.2) is 54.2 Å². The molecule has 1 aromatic rings. The van der Waals surface area contributed by atoms with Crippen molar-refractivity contribution in [1.82, 2.24) is 9.80 Å². The molecule has 1 N–H and O–H groups in total. The highest BCUT2D eigenvalue weighted by Crippen LogP contribution is 2.21. The van der Waals surface area contributed by atoms with Crippen molar-refractivity contribution < 1.29 is 5.11 Å². The van der Waals surface area contributed by atoms with Gasteiger partial charge < -0.3 is 10.0 Å². The van der Waals surface area contributed by atoms with Gasteiger partial charge in [-0.25, -0.2) is 0 Å². The summed E-state index contributed by atoms with van der Waals surface area (Å²) in [4.78, 5) is 4.83. The molecule has 0 unspecified atom stereocenters. The number of aliphatic hydroxyl groups is 1. The van der Waals surface area contributed by atoms with Gasteiger partial charge in [-0.1, -0.05) is 28.1 Å². The molecule has 2 rings (SSSR count).